The summed E-state index contributed by atoms with van der Waals surface area (Å²) in [6.45, 7) is 1.24. The third-order valence-electron chi connectivity index (χ3n) is 3.80. The quantitative estimate of drug-likeness (QED) is 0.878. The van der Waals surface area contributed by atoms with Gasteiger partial charge in [0, 0.05) is 6.42 Å². The monoisotopic (exact) mass is 334 g/mol. The average Bonchev–Trinajstić information content (AvgIpc) is 2.55. The molecule has 0 amide bonds. The normalized spacial score (nSPS) is 14.0. The van der Waals surface area contributed by atoms with Crippen LogP contribution in [0.25, 0.3) is 0 Å². The Morgan fingerprint density at radius 3 is 2.13 bits per heavy atom. The topological polar surface area (TPSA) is 80.7 Å². The van der Waals surface area contributed by atoms with Crippen LogP contribution in [0.2, 0.25) is 0 Å². The van der Waals surface area contributed by atoms with Crippen LogP contribution in [0.4, 0.5) is 0 Å². The van der Waals surface area contributed by atoms with Crippen LogP contribution in [0, 0.1) is 0 Å². The van der Waals surface area contributed by atoms with E-state index in [9.17, 15) is 18.3 Å². The van der Waals surface area contributed by atoms with Crippen molar-refractivity contribution in [3.05, 3.63) is 60.2 Å². The van der Waals surface area contributed by atoms with Crippen molar-refractivity contribution in [2.24, 2.45) is 0 Å². The third kappa shape index (κ3) is 3.22. The lowest BCUT2D eigenvalue weighted by atomic mass is 10.0. The Hall–Kier alpha value is -2.34. The summed E-state index contributed by atoms with van der Waals surface area (Å²) in [5, 5.41) is 9.59. The summed E-state index contributed by atoms with van der Waals surface area (Å²) < 4.78 is 28.8. The number of aliphatic carboxylic acids is 1. The Balaban J connectivity index is 2.47. The van der Waals surface area contributed by atoms with Gasteiger partial charge in [-0.15, -0.1) is 0 Å². The number of benzene rings is 2. The van der Waals surface area contributed by atoms with Crippen molar-refractivity contribution in [3.8, 4) is 5.75 Å². The summed E-state index contributed by atoms with van der Waals surface area (Å²) in [5.41, 5.74) is 0.648. The van der Waals surface area contributed by atoms with E-state index in [1.54, 1.807) is 30.3 Å². The first-order chi connectivity index (χ1) is 10.8. The van der Waals surface area contributed by atoms with Crippen molar-refractivity contribution >= 4 is 15.8 Å². The van der Waals surface area contributed by atoms with Crippen molar-refractivity contribution in [1.29, 1.82) is 0 Å². The van der Waals surface area contributed by atoms with Gasteiger partial charge in [-0.2, -0.15) is 0 Å². The predicted molar refractivity (Wildman–Crippen MR) is 86.4 cm³/mol. The summed E-state index contributed by atoms with van der Waals surface area (Å²) in [7, 11) is -2.61. The summed E-state index contributed by atoms with van der Waals surface area (Å²) in [6, 6.07) is 14.4. The summed E-state index contributed by atoms with van der Waals surface area (Å²) in [4.78, 5) is 11.7. The minimum Gasteiger partial charge on any atom is -0.497 e. The average molecular weight is 334 g/mol. The lowest BCUT2D eigenvalue weighted by Gasteiger charge is -2.25. The van der Waals surface area contributed by atoms with E-state index in [2.05, 4.69) is 0 Å². The lowest BCUT2D eigenvalue weighted by Crippen LogP contribution is -2.45. The van der Waals surface area contributed by atoms with Crippen molar-refractivity contribution in [2.75, 3.05) is 7.11 Å². The minimum atomic E-state index is -4.08. The molecule has 0 saturated heterocycles. The molecule has 122 valence electrons. The molecule has 6 heteroatoms. The molecule has 2 rings (SSSR count). The van der Waals surface area contributed by atoms with Gasteiger partial charge in [-0.05, 0) is 36.8 Å². The van der Waals surface area contributed by atoms with Crippen LogP contribution in [0.1, 0.15) is 12.5 Å². The summed E-state index contributed by atoms with van der Waals surface area (Å²) in [6.07, 6.45) is -0.114. The Morgan fingerprint density at radius 1 is 1.09 bits per heavy atom. The van der Waals surface area contributed by atoms with Gasteiger partial charge < -0.3 is 9.84 Å². The third-order valence-corrected chi connectivity index (χ3v) is 6.20. The van der Waals surface area contributed by atoms with Crippen LogP contribution < -0.4 is 4.74 Å². The number of carboxylic acids is 1. The molecule has 0 aliphatic heterocycles. The molecule has 1 N–H and O–H groups in total. The fourth-order valence-electron chi connectivity index (χ4n) is 2.29. The molecule has 1 atom stereocenters. The highest BCUT2D eigenvalue weighted by atomic mass is 32.2. The molecular formula is C17H18O5S. The fourth-order valence-corrected chi connectivity index (χ4v) is 3.89. The standard InChI is InChI=1S/C17H18O5S/c1-17(16(18)19,12-13-6-4-3-5-7-13)23(20,21)15-10-8-14(22-2)9-11-15/h3-11H,12H2,1-2H3,(H,18,19)/t17-/m0/s1. The van der Waals surface area contributed by atoms with E-state index in [-0.39, 0.29) is 11.3 Å². The number of rotatable bonds is 6. The van der Waals surface area contributed by atoms with Gasteiger partial charge >= 0.3 is 5.97 Å². The van der Waals surface area contributed by atoms with Gasteiger partial charge in [0.1, 0.15) is 5.75 Å². The maximum Gasteiger partial charge on any atom is 0.325 e. The van der Waals surface area contributed by atoms with Gasteiger partial charge in [-0.1, -0.05) is 30.3 Å². The van der Waals surface area contributed by atoms with Gasteiger partial charge in [-0.3, -0.25) is 4.79 Å². The zero-order valence-corrected chi connectivity index (χ0v) is 13.7. The number of methoxy groups -OCH3 is 1. The maximum absolute atomic E-state index is 12.9. The van der Waals surface area contributed by atoms with E-state index in [4.69, 9.17) is 4.74 Å². The number of hydrogen-bond donors (Lipinski definition) is 1. The number of hydrogen-bond acceptors (Lipinski definition) is 4. The molecule has 0 aliphatic rings. The Bertz CT molecular complexity index is 781. The van der Waals surface area contributed by atoms with E-state index in [0.717, 1.165) is 0 Å². The van der Waals surface area contributed by atoms with E-state index >= 15 is 0 Å². The van der Waals surface area contributed by atoms with E-state index in [0.29, 0.717) is 11.3 Å². The van der Waals surface area contributed by atoms with Gasteiger partial charge in [0.05, 0.1) is 12.0 Å². The molecule has 5 nitrogen and oxygen atoms in total. The molecular weight excluding hydrogens is 316 g/mol. The van der Waals surface area contributed by atoms with Crippen LogP contribution in [0.5, 0.6) is 5.75 Å². The zero-order valence-electron chi connectivity index (χ0n) is 12.9. The molecule has 0 fully saturated rings. The van der Waals surface area contributed by atoms with E-state index in [1.165, 1.54) is 38.3 Å². The second-order valence-corrected chi connectivity index (χ2v) is 7.76. The van der Waals surface area contributed by atoms with Crippen LogP contribution in [0.15, 0.2) is 59.5 Å². The predicted octanol–water partition coefficient (Wildman–Crippen LogP) is 2.55. The van der Waals surface area contributed by atoms with Crippen LogP contribution >= 0.6 is 0 Å². The molecule has 0 unspecified atom stereocenters. The van der Waals surface area contributed by atoms with E-state index < -0.39 is 20.6 Å². The largest absolute Gasteiger partial charge is 0.497 e. The van der Waals surface area contributed by atoms with Crippen molar-refractivity contribution in [1.82, 2.24) is 0 Å². The molecule has 0 aromatic heterocycles. The number of carbonyl (C=O) groups is 1. The highest BCUT2D eigenvalue weighted by Crippen LogP contribution is 2.30. The first kappa shape index (κ1) is 17.0. The number of carboxylic acid groups (broad SMARTS) is 1. The molecule has 0 heterocycles. The SMILES string of the molecule is COc1ccc(S(=O)(=O)[C@@](C)(Cc2ccccc2)C(=O)O)cc1. The first-order valence-corrected chi connectivity index (χ1v) is 8.45. The Morgan fingerprint density at radius 2 is 1.65 bits per heavy atom. The van der Waals surface area contributed by atoms with Gasteiger partial charge in [0.2, 0.25) is 0 Å². The molecule has 2 aromatic carbocycles. The molecule has 0 spiro atoms. The lowest BCUT2D eigenvalue weighted by molar-refractivity contribution is -0.139. The second-order valence-electron chi connectivity index (χ2n) is 5.38. The number of ether oxygens (including phenoxy) is 1. The van der Waals surface area contributed by atoms with Gasteiger partial charge in [0.25, 0.3) is 0 Å². The summed E-state index contributed by atoms with van der Waals surface area (Å²) in [5.74, 6) is -0.874. The van der Waals surface area contributed by atoms with Crippen LogP contribution in [-0.4, -0.2) is 31.4 Å². The summed E-state index contributed by atoms with van der Waals surface area (Å²) >= 11 is 0. The second kappa shape index (κ2) is 6.42. The smallest absolute Gasteiger partial charge is 0.325 e. The first-order valence-electron chi connectivity index (χ1n) is 6.97. The molecule has 2 aromatic rings. The van der Waals surface area contributed by atoms with E-state index in [1.807, 2.05) is 0 Å². The van der Waals surface area contributed by atoms with Gasteiger partial charge in [0.15, 0.2) is 14.6 Å². The fraction of sp³-hybridized carbons (Fsp3) is 0.235. The maximum atomic E-state index is 12.9. The van der Waals surface area contributed by atoms with Crippen molar-refractivity contribution in [2.45, 2.75) is 23.0 Å². The Labute approximate surface area is 135 Å². The van der Waals surface area contributed by atoms with Crippen molar-refractivity contribution in [3.63, 3.8) is 0 Å². The highest BCUT2D eigenvalue weighted by Gasteiger charge is 2.47. The minimum absolute atomic E-state index is 0.0425. The molecule has 23 heavy (non-hydrogen) atoms. The molecule has 0 saturated carbocycles. The zero-order chi connectivity index (χ0) is 17.1. The van der Waals surface area contributed by atoms with Gasteiger partial charge in [-0.25, -0.2) is 8.42 Å². The number of sulfone groups is 1. The van der Waals surface area contributed by atoms with Crippen LogP contribution in [-0.2, 0) is 21.1 Å². The molecule has 0 bridgehead atoms. The molecule has 0 radical (unpaired) electrons. The highest BCUT2D eigenvalue weighted by molar-refractivity contribution is 7.93. The Kier molecular flexibility index (Phi) is 4.75. The molecule has 0 aliphatic carbocycles. The van der Waals surface area contributed by atoms with Crippen molar-refractivity contribution < 1.29 is 23.1 Å². The van der Waals surface area contributed by atoms with Crippen LogP contribution in [0.3, 0.4) is 0 Å².